The van der Waals surface area contributed by atoms with Crippen LogP contribution in [0.3, 0.4) is 0 Å². The first-order chi connectivity index (χ1) is 59.1. The maximum absolute atomic E-state index is 13.3. The summed E-state index contributed by atoms with van der Waals surface area (Å²) in [6.45, 7) is 18.2. The van der Waals surface area contributed by atoms with Crippen LogP contribution in [0.5, 0.6) is 0 Å². The molecule has 3 aliphatic heterocycles. The van der Waals surface area contributed by atoms with E-state index in [4.69, 9.17) is 34.2 Å². The minimum atomic E-state index is -2.88. The third kappa shape index (κ3) is 21.0. The normalized spacial score (nSPS) is 16.4. The number of hydrogen-bond donors (Lipinski definition) is 6. The molecule has 0 atom stereocenters. The summed E-state index contributed by atoms with van der Waals surface area (Å²) in [7, 11) is 2.85. The second kappa shape index (κ2) is 39.5. The van der Waals surface area contributed by atoms with Crippen molar-refractivity contribution in [2.24, 2.45) is 5.41 Å². The summed E-state index contributed by atoms with van der Waals surface area (Å²) in [4.78, 5) is 126. The molecule has 6 aromatic heterocycles. The summed E-state index contributed by atoms with van der Waals surface area (Å²) in [5.41, 5.74) is 18.5. The van der Waals surface area contributed by atoms with Crippen molar-refractivity contribution in [2.75, 3.05) is 121 Å². The molecule has 11 aromatic rings. The van der Waals surface area contributed by atoms with E-state index in [-0.39, 0.29) is 50.4 Å². The molecule has 0 spiro atoms. The monoisotopic (exact) mass is 1680 g/mol. The lowest BCUT2D eigenvalue weighted by atomic mass is 9.75. The van der Waals surface area contributed by atoms with Gasteiger partial charge in [0.1, 0.15) is 22.3 Å². The molecule has 6 N–H and O–H groups in total. The van der Waals surface area contributed by atoms with Crippen LogP contribution in [0.2, 0.25) is 0 Å². The Kier molecular flexibility index (Phi) is 28.1. The van der Waals surface area contributed by atoms with Gasteiger partial charge >= 0.3 is 0 Å². The number of piperidine rings is 2. The predicted octanol–water partition coefficient (Wildman–Crippen LogP) is 11.9. The van der Waals surface area contributed by atoms with Gasteiger partial charge in [0, 0.05) is 105 Å². The molecule has 9 heterocycles. The first-order valence-electron chi connectivity index (χ1n) is 42.0. The van der Waals surface area contributed by atoms with Crippen LogP contribution >= 0.6 is 0 Å². The number of sulfone groups is 1. The van der Waals surface area contributed by atoms with Gasteiger partial charge in [-0.2, -0.15) is 15.0 Å². The van der Waals surface area contributed by atoms with Crippen LogP contribution in [0.15, 0.2) is 167 Å². The van der Waals surface area contributed by atoms with E-state index in [9.17, 15) is 37.2 Å². The van der Waals surface area contributed by atoms with Crippen LogP contribution in [0.1, 0.15) is 168 Å². The zero-order valence-corrected chi connectivity index (χ0v) is 71.3. The smallest absolute Gasteiger partial charge is 0.280 e. The van der Waals surface area contributed by atoms with Crippen molar-refractivity contribution < 1.29 is 42.1 Å². The highest BCUT2D eigenvalue weighted by Gasteiger charge is 2.32. The lowest BCUT2D eigenvalue weighted by Crippen LogP contribution is -2.41. The van der Waals surface area contributed by atoms with Gasteiger partial charge in [0.2, 0.25) is 34.1 Å². The average Bonchev–Trinajstić information content (AvgIpc) is 0.792. The largest absolute Gasteiger partial charge is 0.383 e. The fraction of sp³-hybridized carbons (Fsp3) is 0.407. The average molecular weight is 1680 g/mol. The van der Waals surface area contributed by atoms with Crippen LogP contribution in [-0.2, 0) is 54.8 Å². The summed E-state index contributed by atoms with van der Waals surface area (Å²) < 4.78 is 34.0. The number of methoxy groups -OCH3 is 1. The number of rotatable bonds is 25. The number of pyridine rings is 3. The molecule has 5 aromatic carbocycles. The molecule has 3 saturated heterocycles. The number of hydroxylamine groups is 3. The van der Waals surface area contributed by atoms with E-state index < -0.39 is 43.8 Å². The number of fused-ring (bicyclic) bond motifs is 4. The Morgan fingerprint density at radius 1 is 0.484 bits per heavy atom. The zero-order chi connectivity index (χ0) is 85.6. The van der Waals surface area contributed by atoms with Crippen molar-refractivity contribution in [1.29, 1.82) is 0 Å². The second-order valence-electron chi connectivity index (χ2n) is 32.6. The number of anilines is 6. The SMILES string of the molecule is CCN1CCC(c2ccc(Nc3ncc4c(=O)c(C(=O)NOC)cn(C5CCC(C)(C)CC5)c4n3)cc2)CC1.CCc1ccc(-n2cc(C(=O)NOC)c(=O)c3cnc(Nc4ccc(C5CCN(CCOC)CC5)cc4)nc32)cc1.CONC(=O)c1cn(-c2ccc3c(c2)CCC3)c2nc(Nc3ccc(CCN4CCS(=O)(=O)CC4)cc3)ncc2c1=O. The summed E-state index contributed by atoms with van der Waals surface area (Å²) in [5.74, 6) is 0.816. The van der Waals surface area contributed by atoms with Gasteiger partial charge in [-0.25, -0.2) is 39.8 Å². The van der Waals surface area contributed by atoms with Crippen LogP contribution in [0.4, 0.5) is 34.9 Å². The number of benzene rings is 5. The van der Waals surface area contributed by atoms with Gasteiger partial charge in [-0.3, -0.25) is 43.3 Å². The van der Waals surface area contributed by atoms with Crippen molar-refractivity contribution >= 4 is 95.6 Å². The van der Waals surface area contributed by atoms with E-state index >= 15 is 0 Å². The van der Waals surface area contributed by atoms with Crippen LogP contribution in [0.25, 0.3) is 44.5 Å². The Morgan fingerprint density at radius 2 is 0.910 bits per heavy atom. The molecule has 1 saturated carbocycles. The topological polar surface area (TPSA) is 348 Å². The van der Waals surface area contributed by atoms with E-state index in [1.54, 1.807) is 22.4 Å². The molecule has 4 fully saturated rings. The molecule has 2 aliphatic carbocycles. The molecule has 640 valence electrons. The third-order valence-corrected chi connectivity index (χ3v) is 25.7. The molecule has 122 heavy (non-hydrogen) atoms. The maximum Gasteiger partial charge on any atom is 0.280 e. The molecule has 16 rings (SSSR count). The molecule has 0 bridgehead atoms. The summed E-state index contributed by atoms with van der Waals surface area (Å²) >= 11 is 0. The lowest BCUT2D eigenvalue weighted by Gasteiger charge is -2.35. The predicted molar refractivity (Wildman–Crippen MR) is 473 cm³/mol. The van der Waals surface area contributed by atoms with E-state index in [1.807, 2.05) is 71.3 Å². The maximum atomic E-state index is 13.3. The Labute approximate surface area is 709 Å². The molecule has 0 unspecified atom stereocenters. The molecule has 31 heteroatoms. The van der Waals surface area contributed by atoms with Crippen LogP contribution < -0.4 is 48.7 Å². The number of likely N-dealkylation sites (tertiary alicyclic amines) is 2. The van der Waals surface area contributed by atoms with Crippen molar-refractivity contribution in [3.8, 4) is 11.4 Å². The number of aryl methyl sites for hydroxylation is 3. The fourth-order valence-electron chi connectivity index (χ4n) is 16.8. The fourth-order valence-corrected chi connectivity index (χ4v) is 18.0. The van der Waals surface area contributed by atoms with Crippen molar-refractivity contribution in [2.45, 2.75) is 129 Å². The second-order valence-corrected chi connectivity index (χ2v) is 34.9. The van der Waals surface area contributed by atoms with Gasteiger partial charge in [-0.15, -0.1) is 0 Å². The van der Waals surface area contributed by atoms with E-state index in [0.717, 1.165) is 157 Å². The Bertz CT molecular complexity index is 5850. The number of nitrogens with zero attached hydrogens (tertiary/aromatic N) is 12. The number of carbonyl (C=O) groups is 3. The molecular formula is C91H108N18O12S. The number of carbonyl (C=O) groups excluding carboxylic acids is 3. The van der Waals surface area contributed by atoms with Crippen molar-refractivity contribution in [1.82, 2.24) is 74.7 Å². The van der Waals surface area contributed by atoms with Gasteiger partial charge in [0.05, 0.1) is 55.6 Å². The molecule has 30 nitrogen and oxygen atoms in total. The standard InChI is InChI=1S/C31H36N6O4.C30H32N6O5S.C30H40N6O3/c1-4-21-5-11-25(12-6-21)37-20-27(30(39)35-41-3)28(38)26-19-32-31(34-29(26)37)33-24-9-7-22(8-10-24)23-13-15-36(16-14-23)17-18-40-2;1-41-34-29(38)26-19-36(24-10-7-21-3-2-4-22(21)17-24)28-25(27(26)37)18-31-30(33-28)32-23-8-5-20(6-9-23)11-12-35-13-15-42(39,40)16-14-35;1-5-35-16-12-21(13-17-35)20-6-8-22(9-7-20)32-29-31-18-24-26(37)25(28(38)34-39-4)19-36(27(24)33-29)23-10-14-30(2,3)15-11-23/h5-12,19-20,23H,4,13-18H2,1-3H3,(H,35,39)(H,32,33,34);5-10,17-19H,2-4,11-16H2,1H3,(H,34,38)(H,31,32,33);6-9,18-19,21,23H,5,10-17H2,1-4H3,(H,34,38)(H,31,32,33). The van der Waals surface area contributed by atoms with E-state index in [0.29, 0.717) is 65.1 Å². The minimum absolute atomic E-state index is 0.0267. The lowest BCUT2D eigenvalue weighted by molar-refractivity contribution is 0.0531. The van der Waals surface area contributed by atoms with Crippen molar-refractivity contribution in [3.63, 3.8) is 0 Å². The van der Waals surface area contributed by atoms with Crippen LogP contribution in [-0.4, -0.2) is 190 Å². The zero-order valence-electron chi connectivity index (χ0n) is 70.5. The Balaban J connectivity index is 0.000000150. The first-order valence-corrected chi connectivity index (χ1v) is 43.8. The van der Waals surface area contributed by atoms with Gasteiger partial charge in [-0.05, 0) is 227 Å². The quantitative estimate of drug-likeness (QED) is 0.0289. The molecule has 3 amide bonds. The van der Waals surface area contributed by atoms with Gasteiger partial charge in [-0.1, -0.05) is 82.3 Å². The molecule has 0 radical (unpaired) electrons. The summed E-state index contributed by atoms with van der Waals surface area (Å²) in [5, 5.41) is 10.6. The van der Waals surface area contributed by atoms with Crippen LogP contribution in [0, 0.1) is 5.41 Å². The number of nitrogens with one attached hydrogen (secondary N) is 6. The number of aromatic nitrogens is 9. The van der Waals surface area contributed by atoms with Gasteiger partial charge in [0.15, 0.2) is 21.1 Å². The third-order valence-electron chi connectivity index (χ3n) is 24.1. The van der Waals surface area contributed by atoms with E-state index in [2.05, 4.69) is 138 Å². The summed E-state index contributed by atoms with van der Waals surface area (Å²) in [6, 6.07) is 39.0. The molecular weight excluding hydrogens is 1570 g/mol. The van der Waals surface area contributed by atoms with E-state index in [1.165, 1.54) is 93.0 Å². The number of hydrogen-bond acceptors (Lipinski definition) is 24. The highest BCUT2D eigenvalue weighted by molar-refractivity contribution is 7.91. The van der Waals surface area contributed by atoms with Crippen molar-refractivity contribution in [3.05, 3.63) is 233 Å². The minimum Gasteiger partial charge on any atom is -0.383 e. The number of ether oxygens (including phenoxy) is 1. The number of amides is 3. The summed E-state index contributed by atoms with van der Waals surface area (Å²) in [6.07, 6.45) is 22.5. The Hall–Kier alpha value is -11.6. The first kappa shape index (κ1) is 86.8. The molecule has 5 aliphatic rings. The Morgan fingerprint density at radius 3 is 1.39 bits per heavy atom. The highest BCUT2D eigenvalue weighted by Crippen LogP contribution is 2.41. The van der Waals surface area contributed by atoms with Gasteiger partial charge in [0.25, 0.3) is 17.7 Å². The van der Waals surface area contributed by atoms with Gasteiger partial charge < -0.3 is 49.1 Å². The highest BCUT2D eigenvalue weighted by atomic mass is 32.2.